The molecule has 3 nitrogen and oxygen atoms in total. The van der Waals surface area contributed by atoms with Crippen LogP contribution in [-0.4, -0.2) is 9.97 Å². The van der Waals surface area contributed by atoms with E-state index in [1.165, 1.54) is 5.56 Å². The number of aromatic nitrogens is 2. The molecule has 2 rings (SSSR count). The van der Waals surface area contributed by atoms with E-state index in [2.05, 4.69) is 29.0 Å². The molecule has 0 spiro atoms. The Kier molecular flexibility index (Phi) is 3.69. The maximum atomic E-state index is 8.87. The third kappa shape index (κ3) is 2.72. The summed E-state index contributed by atoms with van der Waals surface area (Å²) >= 11 is 0. The summed E-state index contributed by atoms with van der Waals surface area (Å²) in [6.45, 7) is 4.04. The lowest BCUT2D eigenvalue weighted by atomic mass is 10.1. The summed E-state index contributed by atoms with van der Waals surface area (Å²) in [6.07, 6.45) is 2.23. The molecule has 0 bridgehead atoms. The molecule has 0 aliphatic carbocycles. The zero-order chi connectivity index (χ0) is 13.0. The van der Waals surface area contributed by atoms with Gasteiger partial charge in [-0.25, -0.2) is 9.97 Å². The number of hydrogen-bond acceptors (Lipinski definition) is 3. The van der Waals surface area contributed by atoms with E-state index in [4.69, 9.17) is 5.26 Å². The Labute approximate surface area is 107 Å². The molecule has 1 aromatic carbocycles. The highest BCUT2D eigenvalue weighted by Crippen LogP contribution is 2.19. The minimum absolute atomic E-state index is 0.225. The van der Waals surface area contributed by atoms with Crippen LogP contribution in [0.4, 0.5) is 0 Å². The van der Waals surface area contributed by atoms with Gasteiger partial charge in [-0.1, -0.05) is 37.6 Å². The van der Waals surface area contributed by atoms with Gasteiger partial charge in [-0.2, -0.15) is 5.26 Å². The van der Waals surface area contributed by atoms with Crippen LogP contribution in [0.1, 0.15) is 30.4 Å². The smallest absolute Gasteiger partial charge is 0.224 e. The van der Waals surface area contributed by atoms with Crippen LogP contribution in [0, 0.1) is 18.3 Å². The fraction of sp³-hybridized carbons (Fsp3) is 0.267. The molecule has 0 saturated heterocycles. The third-order valence-electron chi connectivity index (χ3n) is 2.74. The second kappa shape index (κ2) is 5.42. The molecule has 1 heterocycles. The highest BCUT2D eigenvalue weighted by atomic mass is 14.9. The molecule has 0 aliphatic rings. The van der Waals surface area contributed by atoms with Crippen molar-refractivity contribution in [2.24, 2.45) is 0 Å². The van der Waals surface area contributed by atoms with E-state index in [1.54, 1.807) is 0 Å². The third-order valence-corrected chi connectivity index (χ3v) is 2.74. The Hall–Kier alpha value is -2.21. The Morgan fingerprint density at radius 3 is 2.50 bits per heavy atom. The van der Waals surface area contributed by atoms with Crippen LogP contribution in [0.15, 0.2) is 30.3 Å². The molecule has 18 heavy (non-hydrogen) atoms. The molecule has 0 N–H and O–H groups in total. The second-order valence-corrected chi connectivity index (χ2v) is 4.28. The molecule has 0 radical (unpaired) electrons. The molecule has 2 aromatic rings. The van der Waals surface area contributed by atoms with Crippen molar-refractivity contribution in [2.45, 2.75) is 26.7 Å². The Bertz CT molecular complexity index is 580. The van der Waals surface area contributed by atoms with Crippen molar-refractivity contribution in [1.82, 2.24) is 9.97 Å². The van der Waals surface area contributed by atoms with Crippen molar-refractivity contribution in [1.29, 1.82) is 5.26 Å². The van der Waals surface area contributed by atoms with E-state index >= 15 is 0 Å². The Balaban J connectivity index is 2.36. The number of nitriles is 1. The predicted octanol–water partition coefficient (Wildman–Crippen LogP) is 3.28. The lowest BCUT2D eigenvalue weighted by molar-refractivity contribution is 0.922. The van der Waals surface area contributed by atoms with Gasteiger partial charge in [-0.3, -0.25) is 0 Å². The molecule has 1 aromatic heterocycles. The fourth-order valence-corrected chi connectivity index (χ4v) is 1.90. The predicted molar refractivity (Wildman–Crippen MR) is 70.9 cm³/mol. The maximum absolute atomic E-state index is 8.87. The van der Waals surface area contributed by atoms with Gasteiger partial charge < -0.3 is 0 Å². The molecule has 90 valence electrons. The summed E-state index contributed by atoms with van der Waals surface area (Å²) in [5, 5.41) is 8.87. The number of hydrogen-bond donors (Lipinski definition) is 0. The SMILES string of the molecule is CCCc1ccc(-c2cc(C)nc(C#N)n2)cc1. The van der Waals surface area contributed by atoms with Crippen LogP contribution in [0.25, 0.3) is 11.3 Å². The highest BCUT2D eigenvalue weighted by molar-refractivity contribution is 5.60. The standard InChI is InChI=1S/C15H15N3/c1-3-4-12-5-7-13(8-6-12)14-9-11(2)17-15(10-16)18-14/h5-9H,3-4H2,1-2H3. The molecule has 0 saturated carbocycles. The van der Waals surface area contributed by atoms with Crippen LogP contribution in [0.3, 0.4) is 0 Å². The molecular formula is C15H15N3. The summed E-state index contributed by atoms with van der Waals surface area (Å²) in [6, 6.07) is 12.2. The van der Waals surface area contributed by atoms with Gasteiger partial charge in [0.1, 0.15) is 6.07 Å². The first-order valence-electron chi connectivity index (χ1n) is 6.08. The molecule has 0 atom stereocenters. The lowest BCUT2D eigenvalue weighted by Crippen LogP contribution is -1.95. The summed E-state index contributed by atoms with van der Waals surface area (Å²) < 4.78 is 0. The Morgan fingerprint density at radius 1 is 1.17 bits per heavy atom. The largest absolute Gasteiger partial charge is 0.232 e. The van der Waals surface area contributed by atoms with E-state index in [0.29, 0.717) is 0 Å². The van der Waals surface area contributed by atoms with E-state index in [0.717, 1.165) is 29.8 Å². The van der Waals surface area contributed by atoms with Crippen molar-refractivity contribution in [3.8, 4) is 17.3 Å². The van der Waals surface area contributed by atoms with E-state index in [-0.39, 0.29) is 5.82 Å². The van der Waals surface area contributed by atoms with Gasteiger partial charge in [0.2, 0.25) is 5.82 Å². The van der Waals surface area contributed by atoms with Crippen molar-refractivity contribution in [3.63, 3.8) is 0 Å². The summed E-state index contributed by atoms with van der Waals surface area (Å²) in [5.41, 5.74) is 3.97. The maximum Gasteiger partial charge on any atom is 0.232 e. The highest BCUT2D eigenvalue weighted by Gasteiger charge is 2.04. The minimum Gasteiger partial charge on any atom is -0.224 e. The summed E-state index contributed by atoms with van der Waals surface area (Å²) in [4.78, 5) is 8.28. The number of rotatable bonds is 3. The number of aryl methyl sites for hydroxylation is 2. The van der Waals surface area contributed by atoms with E-state index in [1.807, 2.05) is 31.2 Å². The first-order valence-corrected chi connectivity index (χ1v) is 6.08. The molecule has 0 aliphatic heterocycles. The van der Waals surface area contributed by atoms with E-state index < -0.39 is 0 Å². The van der Waals surface area contributed by atoms with Crippen molar-refractivity contribution < 1.29 is 0 Å². The average molecular weight is 237 g/mol. The second-order valence-electron chi connectivity index (χ2n) is 4.28. The molecule has 0 fully saturated rings. The average Bonchev–Trinajstić information content (AvgIpc) is 2.39. The normalized spacial score (nSPS) is 10.1. The van der Waals surface area contributed by atoms with Gasteiger partial charge in [0.15, 0.2) is 0 Å². The van der Waals surface area contributed by atoms with Gasteiger partial charge >= 0.3 is 0 Å². The zero-order valence-corrected chi connectivity index (χ0v) is 10.6. The lowest BCUT2D eigenvalue weighted by Gasteiger charge is -2.04. The first kappa shape index (κ1) is 12.3. The van der Waals surface area contributed by atoms with Crippen LogP contribution < -0.4 is 0 Å². The van der Waals surface area contributed by atoms with Crippen molar-refractivity contribution in [3.05, 3.63) is 47.4 Å². The topological polar surface area (TPSA) is 49.6 Å². The number of benzene rings is 1. The minimum atomic E-state index is 0.225. The monoisotopic (exact) mass is 237 g/mol. The van der Waals surface area contributed by atoms with Crippen LogP contribution in [-0.2, 0) is 6.42 Å². The molecule has 3 heteroatoms. The van der Waals surface area contributed by atoms with Gasteiger partial charge in [-0.15, -0.1) is 0 Å². The Morgan fingerprint density at radius 2 is 1.89 bits per heavy atom. The fourth-order valence-electron chi connectivity index (χ4n) is 1.90. The number of nitrogens with zero attached hydrogens (tertiary/aromatic N) is 3. The zero-order valence-electron chi connectivity index (χ0n) is 10.6. The van der Waals surface area contributed by atoms with Crippen molar-refractivity contribution >= 4 is 0 Å². The molecule has 0 amide bonds. The summed E-state index contributed by atoms with van der Waals surface area (Å²) in [5.74, 6) is 0.225. The molecule has 0 unspecified atom stereocenters. The van der Waals surface area contributed by atoms with Crippen LogP contribution in [0.5, 0.6) is 0 Å². The van der Waals surface area contributed by atoms with Crippen LogP contribution in [0.2, 0.25) is 0 Å². The quantitative estimate of drug-likeness (QED) is 0.823. The van der Waals surface area contributed by atoms with Gasteiger partial charge in [0.25, 0.3) is 0 Å². The van der Waals surface area contributed by atoms with E-state index in [9.17, 15) is 0 Å². The summed E-state index contributed by atoms with van der Waals surface area (Å²) in [7, 11) is 0. The van der Waals surface area contributed by atoms with Crippen LogP contribution >= 0.6 is 0 Å². The van der Waals surface area contributed by atoms with Crippen molar-refractivity contribution in [2.75, 3.05) is 0 Å². The van der Waals surface area contributed by atoms with Gasteiger partial charge in [0, 0.05) is 11.3 Å². The van der Waals surface area contributed by atoms with Gasteiger partial charge in [0.05, 0.1) is 5.69 Å². The first-order chi connectivity index (χ1) is 8.72. The van der Waals surface area contributed by atoms with Gasteiger partial charge in [-0.05, 0) is 25.0 Å². The molecular weight excluding hydrogens is 222 g/mol.